The van der Waals surface area contributed by atoms with Gasteiger partial charge in [-0.1, -0.05) is 22.9 Å². The third kappa shape index (κ3) is 4.11. The third-order valence-electron chi connectivity index (χ3n) is 2.57. The minimum Gasteiger partial charge on any atom is -0.362 e. The Morgan fingerprint density at radius 2 is 2.33 bits per heavy atom. The molecule has 1 heterocycles. The van der Waals surface area contributed by atoms with Gasteiger partial charge in [-0.15, -0.1) is 0 Å². The summed E-state index contributed by atoms with van der Waals surface area (Å²) in [5, 5.41) is 13.3. The van der Waals surface area contributed by atoms with Gasteiger partial charge in [0.2, 0.25) is 0 Å². The minimum absolute atomic E-state index is 0.196. The van der Waals surface area contributed by atoms with E-state index < -0.39 is 11.9 Å². The topological polar surface area (TPSA) is 67.9 Å². The number of nitriles is 1. The molecule has 1 aromatic heterocycles. The van der Waals surface area contributed by atoms with Crippen molar-refractivity contribution < 1.29 is 9.13 Å². The minimum atomic E-state index is -0.541. The normalized spacial score (nSPS) is 12.1. The highest BCUT2D eigenvalue weighted by atomic mass is 35.5. The quantitative estimate of drug-likeness (QED) is 0.846. The van der Waals surface area contributed by atoms with Gasteiger partial charge in [0.25, 0.3) is 0 Å². The lowest BCUT2D eigenvalue weighted by atomic mass is 10.2. The molecule has 0 amide bonds. The van der Waals surface area contributed by atoms with Crippen LogP contribution < -0.4 is 4.87 Å². The monoisotopic (exact) mass is 327 g/mol. The van der Waals surface area contributed by atoms with Gasteiger partial charge in [0, 0.05) is 10.6 Å². The number of benzene rings is 1. The fourth-order valence-corrected chi connectivity index (χ4v) is 2.59. The molecule has 21 heavy (non-hydrogen) atoms. The largest absolute Gasteiger partial charge is 0.362 e. The molecule has 1 aromatic carbocycles. The number of hydrogen-bond acceptors (Lipinski definition) is 5. The van der Waals surface area contributed by atoms with Crippen LogP contribution in [0, 0.1) is 17.1 Å². The Hall–Kier alpha value is -1.75. The lowest BCUT2D eigenvalue weighted by Crippen LogP contribution is -2.19. The molecule has 0 N–H and O–H groups in total. The van der Waals surface area contributed by atoms with Crippen molar-refractivity contribution in [2.24, 2.45) is 0 Å². The maximum absolute atomic E-state index is 13.3. The third-order valence-corrected chi connectivity index (χ3v) is 3.68. The fourth-order valence-electron chi connectivity index (χ4n) is 1.59. The Kier molecular flexibility index (Phi) is 5.07. The van der Waals surface area contributed by atoms with E-state index in [0.29, 0.717) is 10.6 Å². The highest BCUT2D eigenvalue weighted by Crippen LogP contribution is 2.24. The van der Waals surface area contributed by atoms with Crippen molar-refractivity contribution in [2.75, 3.05) is 6.61 Å². The van der Waals surface area contributed by atoms with Crippen LogP contribution in [0.25, 0.3) is 10.6 Å². The van der Waals surface area contributed by atoms with Gasteiger partial charge in [-0.3, -0.25) is 4.79 Å². The van der Waals surface area contributed by atoms with E-state index in [1.54, 1.807) is 13.0 Å². The summed E-state index contributed by atoms with van der Waals surface area (Å²) in [6.07, 6.45) is -0.541. The van der Waals surface area contributed by atoms with E-state index >= 15 is 0 Å². The molecule has 0 bridgehead atoms. The van der Waals surface area contributed by atoms with E-state index in [0.717, 1.165) is 11.3 Å². The SMILES string of the molecule is CC(C#N)OCCn1nc(-c2cc(F)cc(Cl)c2)sc1=O. The smallest absolute Gasteiger partial charge is 0.325 e. The molecule has 0 saturated heterocycles. The van der Waals surface area contributed by atoms with Crippen molar-refractivity contribution in [2.45, 2.75) is 19.6 Å². The average molecular weight is 328 g/mol. The number of ether oxygens (including phenoxy) is 1. The van der Waals surface area contributed by atoms with E-state index in [9.17, 15) is 9.18 Å². The van der Waals surface area contributed by atoms with E-state index in [-0.39, 0.29) is 23.0 Å². The van der Waals surface area contributed by atoms with Gasteiger partial charge < -0.3 is 4.74 Å². The first-order valence-corrected chi connectivity index (χ1v) is 7.24. The van der Waals surface area contributed by atoms with Crippen molar-refractivity contribution in [3.05, 3.63) is 38.7 Å². The first-order chi connectivity index (χ1) is 9.99. The van der Waals surface area contributed by atoms with Crippen LogP contribution in [0.2, 0.25) is 5.02 Å². The van der Waals surface area contributed by atoms with Crippen molar-refractivity contribution in [3.63, 3.8) is 0 Å². The van der Waals surface area contributed by atoms with E-state index in [1.165, 1.54) is 16.8 Å². The van der Waals surface area contributed by atoms with Crippen LogP contribution in [0.4, 0.5) is 4.39 Å². The van der Waals surface area contributed by atoms with Crippen LogP contribution in [0.15, 0.2) is 23.0 Å². The first-order valence-electron chi connectivity index (χ1n) is 6.05. The Bertz CT molecular complexity index is 717. The molecule has 0 aliphatic rings. The summed E-state index contributed by atoms with van der Waals surface area (Å²) < 4.78 is 19.7. The Labute approximate surface area is 129 Å². The van der Waals surface area contributed by atoms with Gasteiger partial charge in [0.05, 0.1) is 19.2 Å². The number of aromatic nitrogens is 2. The molecule has 2 aromatic rings. The highest BCUT2D eigenvalue weighted by Gasteiger charge is 2.11. The van der Waals surface area contributed by atoms with Gasteiger partial charge in [-0.25, -0.2) is 9.07 Å². The van der Waals surface area contributed by atoms with Crippen LogP contribution >= 0.6 is 22.9 Å². The van der Waals surface area contributed by atoms with Crippen LogP contribution in [0.3, 0.4) is 0 Å². The second kappa shape index (κ2) is 6.80. The summed E-state index contributed by atoms with van der Waals surface area (Å²) >= 11 is 6.68. The number of hydrogen-bond donors (Lipinski definition) is 0. The molecule has 5 nitrogen and oxygen atoms in total. The van der Waals surface area contributed by atoms with Crippen LogP contribution in [0.5, 0.6) is 0 Å². The molecule has 1 atom stereocenters. The molecular formula is C13H11ClFN3O2S. The predicted molar refractivity (Wildman–Crippen MR) is 77.8 cm³/mol. The molecule has 0 saturated carbocycles. The first kappa shape index (κ1) is 15.6. The molecule has 8 heteroatoms. The molecule has 0 aliphatic heterocycles. The van der Waals surface area contributed by atoms with Crippen molar-refractivity contribution >= 4 is 22.9 Å². The number of nitrogens with zero attached hydrogens (tertiary/aromatic N) is 3. The van der Waals surface area contributed by atoms with E-state index in [1.807, 2.05) is 6.07 Å². The van der Waals surface area contributed by atoms with Crippen molar-refractivity contribution in [1.82, 2.24) is 9.78 Å². The molecule has 0 radical (unpaired) electrons. The van der Waals surface area contributed by atoms with Gasteiger partial charge in [-0.2, -0.15) is 10.4 Å². The number of rotatable bonds is 5. The second-order valence-corrected chi connectivity index (χ2v) is 5.57. The van der Waals surface area contributed by atoms with Gasteiger partial charge >= 0.3 is 4.87 Å². The summed E-state index contributed by atoms with van der Waals surface area (Å²) in [6.45, 7) is 2.04. The lowest BCUT2D eigenvalue weighted by molar-refractivity contribution is 0.0927. The number of halogens is 2. The predicted octanol–water partition coefficient (Wildman–Crippen LogP) is 2.69. The molecule has 1 unspecified atom stereocenters. The van der Waals surface area contributed by atoms with Crippen molar-refractivity contribution in [3.8, 4) is 16.6 Å². The van der Waals surface area contributed by atoms with Crippen molar-refractivity contribution in [1.29, 1.82) is 5.26 Å². The van der Waals surface area contributed by atoms with Gasteiger partial charge in [-0.05, 0) is 25.1 Å². The Morgan fingerprint density at radius 3 is 3.00 bits per heavy atom. The molecule has 0 fully saturated rings. The summed E-state index contributed by atoms with van der Waals surface area (Å²) in [6, 6.07) is 5.92. The summed E-state index contributed by atoms with van der Waals surface area (Å²) in [4.78, 5) is 11.5. The average Bonchev–Trinajstić information content (AvgIpc) is 2.79. The molecular weight excluding hydrogens is 317 g/mol. The van der Waals surface area contributed by atoms with Crippen LogP contribution in [0.1, 0.15) is 6.92 Å². The summed E-state index contributed by atoms with van der Waals surface area (Å²) in [7, 11) is 0. The standard InChI is InChI=1S/C13H11ClFN3O2S/c1-8(7-16)20-3-2-18-13(19)21-12(17-18)9-4-10(14)6-11(15)5-9/h4-6,8H,2-3H2,1H3. The Morgan fingerprint density at radius 1 is 1.57 bits per heavy atom. The maximum Gasteiger partial charge on any atom is 0.325 e. The molecule has 0 spiro atoms. The maximum atomic E-state index is 13.3. The fraction of sp³-hybridized carbons (Fsp3) is 0.308. The molecule has 0 aliphatic carbocycles. The van der Waals surface area contributed by atoms with Crippen LogP contribution in [-0.2, 0) is 11.3 Å². The molecule has 110 valence electrons. The lowest BCUT2D eigenvalue weighted by Gasteiger charge is -2.04. The molecule has 2 rings (SSSR count). The van der Waals surface area contributed by atoms with E-state index in [4.69, 9.17) is 21.6 Å². The zero-order chi connectivity index (χ0) is 15.4. The van der Waals surface area contributed by atoms with E-state index in [2.05, 4.69) is 5.10 Å². The highest BCUT2D eigenvalue weighted by molar-refractivity contribution is 7.12. The van der Waals surface area contributed by atoms with Crippen LogP contribution in [-0.4, -0.2) is 22.5 Å². The zero-order valence-corrected chi connectivity index (χ0v) is 12.6. The zero-order valence-electron chi connectivity index (χ0n) is 11.0. The second-order valence-electron chi connectivity index (χ2n) is 4.20. The summed E-state index contributed by atoms with van der Waals surface area (Å²) in [5.41, 5.74) is 0.451. The summed E-state index contributed by atoms with van der Waals surface area (Å²) in [5.74, 6) is -0.488. The van der Waals surface area contributed by atoms with Gasteiger partial charge in [0.15, 0.2) is 0 Å². The van der Waals surface area contributed by atoms with Gasteiger partial charge in [0.1, 0.15) is 16.9 Å². The Balaban J connectivity index is 2.15.